The molecule has 1 aliphatic carbocycles. The van der Waals surface area contributed by atoms with Gasteiger partial charge in [-0.15, -0.1) is 0 Å². The van der Waals surface area contributed by atoms with Crippen molar-refractivity contribution in [3.8, 4) is 0 Å². The van der Waals surface area contributed by atoms with Crippen molar-refractivity contribution in [2.24, 2.45) is 0 Å². The van der Waals surface area contributed by atoms with Gasteiger partial charge in [0.05, 0.1) is 12.1 Å². The van der Waals surface area contributed by atoms with Gasteiger partial charge in [-0.25, -0.2) is 15.3 Å². The van der Waals surface area contributed by atoms with E-state index in [1.165, 1.54) is 11.3 Å². The molecule has 0 spiro atoms. The quantitative estimate of drug-likeness (QED) is 0.598. The first-order chi connectivity index (χ1) is 9.66. The predicted molar refractivity (Wildman–Crippen MR) is 68.6 cm³/mol. The van der Waals surface area contributed by atoms with Gasteiger partial charge in [-0.2, -0.15) is 0 Å². The Labute approximate surface area is 117 Å². The maximum atomic E-state index is 12.2. The molecule has 2 N–H and O–H groups in total. The molecule has 7 heteroatoms. The van der Waals surface area contributed by atoms with E-state index < -0.39 is 12.1 Å². The third-order valence-corrected chi connectivity index (χ3v) is 4.53. The summed E-state index contributed by atoms with van der Waals surface area (Å²) in [5.74, 6) is -0.280. The van der Waals surface area contributed by atoms with Crippen LogP contribution in [0.4, 0.5) is 4.79 Å². The van der Waals surface area contributed by atoms with E-state index in [2.05, 4.69) is 5.48 Å². The van der Waals surface area contributed by atoms with Crippen LogP contribution in [0.15, 0.2) is 0 Å². The van der Waals surface area contributed by atoms with Crippen LogP contribution in [0, 0.1) is 0 Å². The molecule has 3 amide bonds. The number of urea groups is 1. The maximum absolute atomic E-state index is 12.2. The molecule has 2 atom stereocenters. The van der Waals surface area contributed by atoms with Crippen molar-refractivity contribution in [1.29, 1.82) is 0 Å². The zero-order chi connectivity index (χ0) is 14.1. The monoisotopic (exact) mass is 283 g/mol. The molecule has 3 fully saturated rings. The lowest BCUT2D eigenvalue weighted by Crippen LogP contribution is -2.50. The fourth-order valence-electron chi connectivity index (χ4n) is 3.32. The van der Waals surface area contributed by atoms with Crippen LogP contribution in [-0.4, -0.2) is 51.8 Å². The molecule has 2 unspecified atom stereocenters. The van der Waals surface area contributed by atoms with E-state index in [4.69, 9.17) is 4.84 Å². The van der Waals surface area contributed by atoms with Gasteiger partial charge in [0.1, 0.15) is 6.04 Å². The van der Waals surface area contributed by atoms with E-state index in [9.17, 15) is 14.8 Å². The van der Waals surface area contributed by atoms with E-state index in [0.717, 1.165) is 30.7 Å². The summed E-state index contributed by atoms with van der Waals surface area (Å²) < 4.78 is 0. The average Bonchev–Trinajstić information content (AvgIpc) is 2.71. The van der Waals surface area contributed by atoms with Crippen LogP contribution in [0.1, 0.15) is 44.9 Å². The maximum Gasteiger partial charge on any atom is 0.344 e. The van der Waals surface area contributed by atoms with Crippen LogP contribution in [0.5, 0.6) is 0 Å². The van der Waals surface area contributed by atoms with Crippen molar-refractivity contribution >= 4 is 11.9 Å². The summed E-state index contributed by atoms with van der Waals surface area (Å²) in [5, 5.41) is 10.3. The van der Waals surface area contributed by atoms with Gasteiger partial charge < -0.3 is 4.90 Å². The van der Waals surface area contributed by atoms with Crippen LogP contribution >= 0.6 is 0 Å². The van der Waals surface area contributed by atoms with Gasteiger partial charge in [-0.05, 0) is 25.7 Å². The zero-order valence-electron chi connectivity index (χ0n) is 11.5. The molecule has 3 rings (SSSR count). The Morgan fingerprint density at radius 2 is 1.95 bits per heavy atom. The van der Waals surface area contributed by atoms with Gasteiger partial charge in [0, 0.05) is 6.54 Å². The van der Waals surface area contributed by atoms with Gasteiger partial charge in [0.2, 0.25) is 0 Å². The van der Waals surface area contributed by atoms with E-state index in [-0.39, 0.29) is 18.1 Å². The summed E-state index contributed by atoms with van der Waals surface area (Å²) >= 11 is 0. The zero-order valence-corrected chi connectivity index (χ0v) is 11.5. The van der Waals surface area contributed by atoms with E-state index >= 15 is 0 Å². The smallest absolute Gasteiger partial charge is 0.309 e. The van der Waals surface area contributed by atoms with Crippen molar-refractivity contribution in [3.63, 3.8) is 0 Å². The lowest BCUT2D eigenvalue weighted by molar-refractivity contribution is -0.145. The molecule has 2 aliphatic heterocycles. The third kappa shape index (κ3) is 2.47. The first-order valence-electron chi connectivity index (χ1n) is 7.41. The number of amides is 3. The van der Waals surface area contributed by atoms with Gasteiger partial charge in [-0.1, -0.05) is 19.3 Å². The van der Waals surface area contributed by atoms with Gasteiger partial charge in [0.25, 0.3) is 5.91 Å². The summed E-state index contributed by atoms with van der Waals surface area (Å²) in [7, 11) is 0. The molecule has 3 aliphatic rings. The number of carbonyl (C=O) groups excluding carboxylic acids is 2. The second kappa shape index (κ2) is 5.57. The van der Waals surface area contributed by atoms with Gasteiger partial charge in [-0.3, -0.25) is 14.8 Å². The molecular formula is C13H21N3O4. The Morgan fingerprint density at radius 3 is 2.70 bits per heavy atom. The Hall–Kier alpha value is -1.34. The molecule has 112 valence electrons. The second-order valence-electron chi connectivity index (χ2n) is 5.87. The molecule has 0 aromatic heterocycles. The van der Waals surface area contributed by atoms with Crippen LogP contribution in [-0.2, 0) is 9.63 Å². The minimum absolute atomic E-state index is 0.0904. The van der Waals surface area contributed by atoms with Crippen molar-refractivity contribution in [1.82, 2.24) is 15.4 Å². The molecule has 0 aromatic rings. The number of hydrogen-bond donors (Lipinski definition) is 2. The van der Waals surface area contributed by atoms with E-state index in [0.29, 0.717) is 19.4 Å². The van der Waals surface area contributed by atoms with Crippen LogP contribution < -0.4 is 5.48 Å². The predicted octanol–water partition coefficient (Wildman–Crippen LogP) is 1.02. The van der Waals surface area contributed by atoms with Gasteiger partial charge >= 0.3 is 6.03 Å². The number of hydrogen-bond acceptors (Lipinski definition) is 4. The molecule has 20 heavy (non-hydrogen) atoms. The molecule has 1 saturated carbocycles. The summed E-state index contributed by atoms with van der Waals surface area (Å²) in [6.07, 6.45) is 6.73. The molecule has 2 heterocycles. The summed E-state index contributed by atoms with van der Waals surface area (Å²) in [6.45, 7) is 0.414. The molecule has 0 radical (unpaired) electrons. The highest BCUT2D eigenvalue weighted by atomic mass is 16.7. The number of nitrogens with one attached hydrogen (secondary N) is 1. The van der Waals surface area contributed by atoms with Crippen molar-refractivity contribution in [3.05, 3.63) is 0 Å². The van der Waals surface area contributed by atoms with Crippen molar-refractivity contribution in [2.45, 2.75) is 63.1 Å². The minimum atomic E-state index is -0.528. The first-order valence-corrected chi connectivity index (χ1v) is 7.41. The number of nitrogens with zero attached hydrogens (tertiary/aromatic N) is 2. The van der Waals surface area contributed by atoms with Crippen LogP contribution in [0.2, 0.25) is 0 Å². The first kappa shape index (κ1) is 13.6. The number of carbonyl (C=O) groups is 2. The fraction of sp³-hybridized carbons (Fsp3) is 0.846. The SMILES string of the molecule is O=C(NOC1CCCCC1)C1CCC2CN1C(=O)N2O. The van der Waals surface area contributed by atoms with Crippen molar-refractivity contribution in [2.75, 3.05) is 6.54 Å². The summed E-state index contributed by atoms with van der Waals surface area (Å²) in [5.41, 5.74) is 2.51. The lowest BCUT2D eigenvalue weighted by atomic mass is 9.98. The number of rotatable bonds is 3. The Bertz CT molecular complexity index is 397. The normalized spacial score (nSPS) is 30.8. The highest BCUT2D eigenvalue weighted by Gasteiger charge is 2.46. The highest BCUT2D eigenvalue weighted by molar-refractivity contribution is 5.87. The minimum Gasteiger partial charge on any atom is -0.309 e. The lowest BCUT2D eigenvalue weighted by Gasteiger charge is -2.30. The molecule has 2 bridgehead atoms. The standard InChI is InChI=1S/C13H21N3O4/c17-12(14-20-10-4-2-1-3-5-10)11-7-6-9-8-15(11)13(18)16(9)19/h9-11,19H,1-8H2,(H,14,17). The molecule has 7 nitrogen and oxygen atoms in total. The number of hydroxylamine groups is 3. The number of fused-ring (bicyclic) bond motifs is 2. The summed E-state index contributed by atoms with van der Waals surface area (Å²) in [4.78, 5) is 30.8. The Balaban J connectivity index is 1.53. The fourth-order valence-corrected chi connectivity index (χ4v) is 3.32. The number of piperidine rings is 1. The van der Waals surface area contributed by atoms with E-state index in [1.807, 2.05) is 0 Å². The third-order valence-electron chi connectivity index (χ3n) is 4.53. The largest absolute Gasteiger partial charge is 0.344 e. The van der Waals surface area contributed by atoms with Crippen LogP contribution in [0.3, 0.4) is 0 Å². The van der Waals surface area contributed by atoms with E-state index in [1.54, 1.807) is 0 Å². The average molecular weight is 283 g/mol. The second-order valence-corrected chi connectivity index (χ2v) is 5.87. The Kier molecular flexibility index (Phi) is 3.80. The van der Waals surface area contributed by atoms with Crippen LogP contribution in [0.25, 0.3) is 0 Å². The topological polar surface area (TPSA) is 82.1 Å². The van der Waals surface area contributed by atoms with Crippen molar-refractivity contribution < 1.29 is 19.6 Å². The Morgan fingerprint density at radius 1 is 1.20 bits per heavy atom. The summed E-state index contributed by atoms with van der Waals surface area (Å²) in [6, 6.07) is -1.18. The highest BCUT2D eigenvalue weighted by Crippen LogP contribution is 2.28. The molecule has 0 aromatic carbocycles. The van der Waals surface area contributed by atoms with Gasteiger partial charge in [0.15, 0.2) is 0 Å². The molecular weight excluding hydrogens is 262 g/mol. The molecule has 2 saturated heterocycles.